The zero-order chi connectivity index (χ0) is 13.1. The molecule has 2 aromatic carbocycles. The van der Waals surface area contributed by atoms with Crippen molar-refractivity contribution in [2.24, 2.45) is 0 Å². The second kappa shape index (κ2) is 5.38. The molecule has 0 saturated carbocycles. The molecule has 0 amide bonds. The van der Waals surface area contributed by atoms with Crippen LogP contribution >= 0.6 is 11.6 Å². The van der Waals surface area contributed by atoms with E-state index in [1.165, 1.54) is 19.2 Å². The number of hydrogen-bond donors (Lipinski definition) is 1. The van der Waals surface area contributed by atoms with Gasteiger partial charge in [0.15, 0.2) is 0 Å². The van der Waals surface area contributed by atoms with Crippen LogP contribution in [0.15, 0.2) is 42.5 Å². The van der Waals surface area contributed by atoms with Crippen molar-refractivity contribution in [1.29, 1.82) is 0 Å². The van der Waals surface area contributed by atoms with E-state index < -0.39 is 11.9 Å². The second-order valence-electron chi connectivity index (χ2n) is 3.78. The monoisotopic (exact) mass is 266 g/mol. The van der Waals surface area contributed by atoms with Crippen LogP contribution in [0.4, 0.5) is 4.39 Å². The number of benzene rings is 2. The highest BCUT2D eigenvalue weighted by atomic mass is 35.5. The number of hydrogen-bond acceptors (Lipinski definition) is 2. The van der Waals surface area contributed by atoms with Crippen molar-refractivity contribution in [1.82, 2.24) is 0 Å². The first-order valence-corrected chi connectivity index (χ1v) is 5.78. The molecule has 0 aliphatic heterocycles. The van der Waals surface area contributed by atoms with Crippen LogP contribution in [0, 0.1) is 5.82 Å². The molecule has 1 N–H and O–H groups in total. The summed E-state index contributed by atoms with van der Waals surface area (Å²) >= 11 is 6.04. The number of aliphatic hydroxyl groups is 1. The van der Waals surface area contributed by atoms with Gasteiger partial charge in [0, 0.05) is 11.1 Å². The summed E-state index contributed by atoms with van der Waals surface area (Å²) in [5, 5.41) is 10.6. The molecule has 2 rings (SSSR count). The summed E-state index contributed by atoms with van der Waals surface area (Å²) in [5.41, 5.74) is 0.538. The Morgan fingerprint density at radius 1 is 1.17 bits per heavy atom. The molecule has 0 spiro atoms. The van der Waals surface area contributed by atoms with Gasteiger partial charge in [0.2, 0.25) is 0 Å². The predicted octanol–water partition coefficient (Wildman–Crippen LogP) is 3.57. The summed E-state index contributed by atoms with van der Waals surface area (Å²) in [7, 11) is 1.48. The van der Waals surface area contributed by atoms with Gasteiger partial charge in [0.1, 0.15) is 17.7 Å². The van der Waals surface area contributed by atoms with Crippen molar-refractivity contribution < 1.29 is 14.2 Å². The van der Waals surface area contributed by atoms with Gasteiger partial charge < -0.3 is 9.84 Å². The molecular weight excluding hydrogens is 255 g/mol. The predicted molar refractivity (Wildman–Crippen MR) is 68.5 cm³/mol. The Hall–Kier alpha value is -1.58. The van der Waals surface area contributed by atoms with Crippen LogP contribution in [0.1, 0.15) is 17.2 Å². The molecule has 0 saturated heterocycles. The molecule has 1 atom stereocenters. The molecule has 2 nitrogen and oxygen atoms in total. The van der Waals surface area contributed by atoms with E-state index in [4.69, 9.17) is 16.3 Å². The van der Waals surface area contributed by atoms with E-state index in [1.807, 2.05) is 0 Å². The molecule has 94 valence electrons. The minimum Gasteiger partial charge on any atom is -0.496 e. The fourth-order valence-corrected chi connectivity index (χ4v) is 2.08. The van der Waals surface area contributed by atoms with Gasteiger partial charge in [0.25, 0.3) is 0 Å². The Kier molecular flexibility index (Phi) is 3.84. The smallest absolute Gasteiger partial charge is 0.129 e. The van der Waals surface area contributed by atoms with Crippen molar-refractivity contribution in [3.8, 4) is 5.75 Å². The van der Waals surface area contributed by atoms with Crippen molar-refractivity contribution >= 4 is 11.6 Å². The average Bonchev–Trinajstić information content (AvgIpc) is 2.38. The molecule has 1 unspecified atom stereocenters. The fourth-order valence-electron chi connectivity index (χ4n) is 1.81. The maximum Gasteiger partial charge on any atom is 0.129 e. The molecule has 18 heavy (non-hydrogen) atoms. The summed E-state index contributed by atoms with van der Waals surface area (Å²) in [6.45, 7) is 0. The number of aliphatic hydroxyl groups excluding tert-OH is 1. The number of methoxy groups -OCH3 is 1. The lowest BCUT2D eigenvalue weighted by Crippen LogP contribution is -2.05. The molecule has 0 radical (unpaired) electrons. The second-order valence-corrected chi connectivity index (χ2v) is 4.19. The Morgan fingerprint density at radius 2 is 1.89 bits per heavy atom. The lowest BCUT2D eigenvalue weighted by molar-refractivity contribution is 0.209. The van der Waals surface area contributed by atoms with Gasteiger partial charge in [0.05, 0.1) is 12.1 Å². The number of rotatable bonds is 3. The highest BCUT2D eigenvalue weighted by molar-refractivity contribution is 6.31. The molecule has 0 fully saturated rings. The topological polar surface area (TPSA) is 29.5 Å². The molecule has 0 aliphatic rings. The maximum absolute atomic E-state index is 13.6. The summed E-state index contributed by atoms with van der Waals surface area (Å²) in [5.74, 6) is -0.0507. The normalized spacial score (nSPS) is 12.2. The van der Waals surface area contributed by atoms with Crippen molar-refractivity contribution in [2.45, 2.75) is 6.10 Å². The van der Waals surface area contributed by atoms with Crippen LogP contribution in [0.5, 0.6) is 5.75 Å². The molecular formula is C14H12ClFO2. The minimum absolute atomic E-state index is 0.170. The number of ether oxygens (including phenoxy) is 1. The third-order valence-electron chi connectivity index (χ3n) is 2.71. The van der Waals surface area contributed by atoms with Crippen LogP contribution in [0.3, 0.4) is 0 Å². The summed E-state index contributed by atoms with van der Waals surface area (Å²) in [4.78, 5) is 0. The summed E-state index contributed by atoms with van der Waals surface area (Å²) in [6, 6.07) is 11.0. The zero-order valence-corrected chi connectivity index (χ0v) is 10.5. The van der Waals surface area contributed by atoms with E-state index in [0.29, 0.717) is 16.3 Å². The Labute approximate surface area is 110 Å². The van der Waals surface area contributed by atoms with Gasteiger partial charge in [-0.15, -0.1) is 0 Å². The van der Waals surface area contributed by atoms with E-state index in [1.54, 1.807) is 30.3 Å². The van der Waals surface area contributed by atoms with Gasteiger partial charge in [-0.25, -0.2) is 4.39 Å². The fraction of sp³-hybridized carbons (Fsp3) is 0.143. The molecule has 0 bridgehead atoms. The molecule has 4 heteroatoms. The van der Waals surface area contributed by atoms with Crippen molar-refractivity contribution in [3.63, 3.8) is 0 Å². The summed E-state index contributed by atoms with van der Waals surface area (Å²) < 4.78 is 18.8. The molecule has 0 aliphatic carbocycles. The van der Waals surface area contributed by atoms with Crippen LogP contribution in [0.2, 0.25) is 5.02 Å². The SMILES string of the molecule is COc1cccc(Cl)c1C(O)c1ccccc1F. The number of halogens is 2. The van der Waals surface area contributed by atoms with Crippen LogP contribution in [-0.4, -0.2) is 12.2 Å². The van der Waals surface area contributed by atoms with Crippen LogP contribution < -0.4 is 4.74 Å². The Bertz CT molecular complexity index is 557. The van der Waals surface area contributed by atoms with Gasteiger partial charge in [-0.3, -0.25) is 0 Å². The third kappa shape index (κ3) is 2.33. The summed E-state index contributed by atoms with van der Waals surface area (Å²) in [6.07, 6.45) is -1.16. The Balaban J connectivity index is 2.52. The highest BCUT2D eigenvalue weighted by Gasteiger charge is 2.21. The third-order valence-corrected chi connectivity index (χ3v) is 3.04. The van der Waals surface area contributed by atoms with E-state index >= 15 is 0 Å². The lowest BCUT2D eigenvalue weighted by Gasteiger charge is -2.17. The molecule has 0 aromatic heterocycles. The standard InChI is InChI=1S/C14H12ClFO2/c1-18-12-8-4-6-10(15)13(12)14(17)9-5-2-3-7-11(9)16/h2-8,14,17H,1H3. The van der Waals surface area contributed by atoms with Gasteiger partial charge >= 0.3 is 0 Å². The minimum atomic E-state index is -1.16. The first-order valence-electron chi connectivity index (χ1n) is 5.40. The first kappa shape index (κ1) is 12.9. The molecule has 0 heterocycles. The van der Waals surface area contributed by atoms with Crippen LogP contribution in [-0.2, 0) is 0 Å². The van der Waals surface area contributed by atoms with E-state index in [0.717, 1.165) is 0 Å². The Morgan fingerprint density at radius 3 is 2.56 bits per heavy atom. The quantitative estimate of drug-likeness (QED) is 0.920. The van der Waals surface area contributed by atoms with E-state index in [9.17, 15) is 9.50 Å². The average molecular weight is 267 g/mol. The van der Waals surface area contributed by atoms with Crippen molar-refractivity contribution in [2.75, 3.05) is 7.11 Å². The molecule has 2 aromatic rings. The van der Waals surface area contributed by atoms with E-state index in [-0.39, 0.29) is 5.56 Å². The zero-order valence-electron chi connectivity index (χ0n) is 9.73. The largest absolute Gasteiger partial charge is 0.496 e. The maximum atomic E-state index is 13.6. The van der Waals surface area contributed by atoms with Crippen LogP contribution in [0.25, 0.3) is 0 Å². The first-order chi connectivity index (χ1) is 8.65. The van der Waals surface area contributed by atoms with Gasteiger partial charge in [-0.2, -0.15) is 0 Å². The van der Waals surface area contributed by atoms with Crippen molar-refractivity contribution in [3.05, 3.63) is 64.4 Å². The lowest BCUT2D eigenvalue weighted by atomic mass is 10.00. The van der Waals surface area contributed by atoms with E-state index in [2.05, 4.69) is 0 Å². The van der Waals surface area contributed by atoms with Gasteiger partial charge in [-0.1, -0.05) is 35.9 Å². The highest BCUT2D eigenvalue weighted by Crippen LogP contribution is 2.36. The van der Waals surface area contributed by atoms with Gasteiger partial charge in [-0.05, 0) is 18.2 Å².